The molecule has 1 aromatic rings. The summed E-state index contributed by atoms with van der Waals surface area (Å²) in [4.78, 5) is 14.9. The fourth-order valence-electron chi connectivity index (χ4n) is 1.25. The summed E-state index contributed by atoms with van der Waals surface area (Å²) in [6.07, 6.45) is 4.73. The van der Waals surface area contributed by atoms with Gasteiger partial charge >= 0.3 is 0 Å². The SMILES string of the molecule is CCCNc1nccn1CCNC(C)=O. The third kappa shape index (κ3) is 4.01. The summed E-state index contributed by atoms with van der Waals surface area (Å²) in [6.45, 7) is 5.91. The van der Waals surface area contributed by atoms with Crippen molar-refractivity contribution < 1.29 is 4.79 Å². The molecule has 5 nitrogen and oxygen atoms in total. The van der Waals surface area contributed by atoms with E-state index < -0.39 is 0 Å². The van der Waals surface area contributed by atoms with Crippen molar-refractivity contribution in [2.45, 2.75) is 26.8 Å². The summed E-state index contributed by atoms with van der Waals surface area (Å²) < 4.78 is 1.99. The van der Waals surface area contributed by atoms with Crippen molar-refractivity contribution in [1.82, 2.24) is 14.9 Å². The highest BCUT2D eigenvalue weighted by molar-refractivity contribution is 5.72. The predicted octanol–water partition coefficient (Wildman–Crippen LogP) is 0.841. The summed E-state index contributed by atoms with van der Waals surface area (Å²) >= 11 is 0. The first kappa shape index (κ1) is 11.6. The molecule has 0 aromatic carbocycles. The van der Waals surface area contributed by atoms with Gasteiger partial charge in [-0.05, 0) is 6.42 Å². The van der Waals surface area contributed by atoms with Crippen LogP contribution in [0.5, 0.6) is 0 Å². The van der Waals surface area contributed by atoms with Crippen molar-refractivity contribution in [2.24, 2.45) is 0 Å². The van der Waals surface area contributed by atoms with Crippen molar-refractivity contribution in [1.29, 1.82) is 0 Å². The van der Waals surface area contributed by atoms with Gasteiger partial charge in [0.25, 0.3) is 0 Å². The fraction of sp³-hybridized carbons (Fsp3) is 0.600. The Morgan fingerprint density at radius 2 is 2.33 bits per heavy atom. The standard InChI is InChI=1S/C10H18N4O/c1-3-4-12-10-13-6-8-14(10)7-5-11-9(2)15/h6,8H,3-5,7H2,1-2H3,(H,11,15)(H,12,13). The lowest BCUT2D eigenvalue weighted by Gasteiger charge is -2.09. The molecule has 0 aliphatic carbocycles. The Labute approximate surface area is 89.9 Å². The number of aromatic nitrogens is 2. The Bertz CT molecular complexity index is 308. The van der Waals surface area contributed by atoms with Crippen LogP contribution in [0.3, 0.4) is 0 Å². The number of carbonyl (C=O) groups excluding carboxylic acids is 1. The highest BCUT2D eigenvalue weighted by Crippen LogP contribution is 2.03. The zero-order valence-electron chi connectivity index (χ0n) is 9.29. The molecule has 0 aliphatic heterocycles. The van der Waals surface area contributed by atoms with Gasteiger partial charge in [0, 0.05) is 39.0 Å². The van der Waals surface area contributed by atoms with Crippen LogP contribution in [0.1, 0.15) is 20.3 Å². The third-order valence-corrected chi connectivity index (χ3v) is 1.98. The summed E-state index contributed by atoms with van der Waals surface area (Å²) in [5.41, 5.74) is 0. The van der Waals surface area contributed by atoms with E-state index in [9.17, 15) is 4.79 Å². The van der Waals surface area contributed by atoms with Crippen LogP contribution in [-0.2, 0) is 11.3 Å². The van der Waals surface area contributed by atoms with Gasteiger partial charge in [0.15, 0.2) is 0 Å². The molecule has 1 rings (SSSR count). The molecule has 0 fully saturated rings. The van der Waals surface area contributed by atoms with E-state index >= 15 is 0 Å². The Hall–Kier alpha value is -1.52. The van der Waals surface area contributed by atoms with Gasteiger partial charge in [0.05, 0.1) is 0 Å². The molecule has 15 heavy (non-hydrogen) atoms. The first-order valence-electron chi connectivity index (χ1n) is 5.23. The van der Waals surface area contributed by atoms with Crippen LogP contribution in [0.25, 0.3) is 0 Å². The third-order valence-electron chi connectivity index (χ3n) is 1.98. The normalized spacial score (nSPS) is 10.0. The van der Waals surface area contributed by atoms with E-state index in [2.05, 4.69) is 22.5 Å². The average Bonchev–Trinajstić information content (AvgIpc) is 2.62. The van der Waals surface area contributed by atoms with Crippen molar-refractivity contribution >= 4 is 11.9 Å². The highest BCUT2D eigenvalue weighted by Gasteiger charge is 2.00. The number of imidazole rings is 1. The van der Waals surface area contributed by atoms with Crippen molar-refractivity contribution in [3.8, 4) is 0 Å². The molecule has 0 unspecified atom stereocenters. The minimum Gasteiger partial charge on any atom is -0.356 e. The van der Waals surface area contributed by atoms with E-state index in [0.717, 1.165) is 25.5 Å². The fourth-order valence-corrected chi connectivity index (χ4v) is 1.25. The number of hydrogen-bond donors (Lipinski definition) is 2. The summed E-state index contributed by atoms with van der Waals surface area (Å²) in [7, 11) is 0. The van der Waals surface area contributed by atoms with Crippen LogP contribution in [0, 0.1) is 0 Å². The monoisotopic (exact) mass is 210 g/mol. The van der Waals surface area contributed by atoms with E-state index in [0.29, 0.717) is 6.54 Å². The Morgan fingerprint density at radius 3 is 3.00 bits per heavy atom. The van der Waals surface area contributed by atoms with Crippen molar-refractivity contribution in [3.63, 3.8) is 0 Å². The molecule has 1 aromatic heterocycles. The zero-order valence-corrected chi connectivity index (χ0v) is 9.29. The maximum atomic E-state index is 10.7. The molecular weight excluding hydrogens is 192 g/mol. The van der Waals surface area contributed by atoms with E-state index in [4.69, 9.17) is 0 Å². The van der Waals surface area contributed by atoms with Gasteiger partial charge in [0.1, 0.15) is 0 Å². The largest absolute Gasteiger partial charge is 0.356 e. The Morgan fingerprint density at radius 1 is 1.53 bits per heavy atom. The average molecular weight is 210 g/mol. The maximum absolute atomic E-state index is 10.7. The summed E-state index contributed by atoms with van der Waals surface area (Å²) in [6, 6.07) is 0. The number of nitrogens with one attached hydrogen (secondary N) is 2. The molecule has 1 amide bonds. The van der Waals surface area contributed by atoms with Crippen LogP contribution in [-0.4, -0.2) is 28.5 Å². The zero-order chi connectivity index (χ0) is 11.1. The van der Waals surface area contributed by atoms with Crippen LogP contribution in [0.15, 0.2) is 12.4 Å². The van der Waals surface area contributed by atoms with E-state index in [1.54, 1.807) is 6.20 Å². The molecule has 0 bridgehead atoms. The van der Waals surface area contributed by atoms with Crippen molar-refractivity contribution in [3.05, 3.63) is 12.4 Å². The van der Waals surface area contributed by atoms with Gasteiger partial charge in [0.2, 0.25) is 11.9 Å². The molecule has 2 N–H and O–H groups in total. The van der Waals surface area contributed by atoms with Crippen LogP contribution in [0.4, 0.5) is 5.95 Å². The number of rotatable bonds is 6. The molecule has 5 heteroatoms. The first-order chi connectivity index (χ1) is 7.24. The summed E-state index contributed by atoms with van der Waals surface area (Å²) in [5, 5.41) is 5.97. The molecule has 1 heterocycles. The Balaban J connectivity index is 2.39. The van der Waals surface area contributed by atoms with E-state index in [1.807, 2.05) is 10.8 Å². The van der Waals surface area contributed by atoms with Crippen molar-refractivity contribution in [2.75, 3.05) is 18.4 Å². The molecule has 84 valence electrons. The minimum atomic E-state index is -0.00168. The quantitative estimate of drug-likeness (QED) is 0.731. The minimum absolute atomic E-state index is 0.00168. The van der Waals surface area contributed by atoms with Gasteiger partial charge in [-0.2, -0.15) is 0 Å². The van der Waals surface area contributed by atoms with Gasteiger partial charge in [-0.3, -0.25) is 4.79 Å². The Kier molecular flexibility index (Phi) is 4.66. The van der Waals surface area contributed by atoms with Gasteiger partial charge in [-0.1, -0.05) is 6.92 Å². The second-order valence-corrected chi connectivity index (χ2v) is 3.35. The molecule has 0 saturated heterocycles. The molecule has 0 aliphatic rings. The molecular formula is C10H18N4O. The molecule has 0 saturated carbocycles. The highest BCUT2D eigenvalue weighted by atomic mass is 16.1. The predicted molar refractivity (Wildman–Crippen MR) is 59.7 cm³/mol. The number of hydrogen-bond acceptors (Lipinski definition) is 3. The smallest absolute Gasteiger partial charge is 0.216 e. The number of anilines is 1. The number of carbonyl (C=O) groups is 1. The molecule has 0 radical (unpaired) electrons. The topological polar surface area (TPSA) is 59.0 Å². The number of amides is 1. The molecule has 0 spiro atoms. The van der Waals surface area contributed by atoms with Crippen LogP contribution < -0.4 is 10.6 Å². The maximum Gasteiger partial charge on any atom is 0.216 e. The first-order valence-corrected chi connectivity index (χ1v) is 5.23. The second-order valence-electron chi connectivity index (χ2n) is 3.35. The van der Waals surface area contributed by atoms with Gasteiger partial charge < -0.3 is 15.2 Å². The van der Waals surface area contributed by atoms with Gasteiger partial charge in [-0.25, -0.2) is 4.98 Å². The van der Waals surface area contributed by atoms with Crippen LogP contribution >= 0.6 is 0 Å². The summed E-state index contributed by atoms with van der Waals surface area (Å²) in [5.74, 6) is 0.861. The molecule has 0 atom stereocenters. The van der Waals surface area contributed by atoms with E-state index in [-0.39, 0.29) is 5.91 Å². The lowest BCUT2D eigenvalue weighted by Crippen LogP contribution is -2.24. The lowest BCUT2D eigenvalue weighted by molar-refractivity contribution is -0.118. The van der Waals surface area contributed by atoms with Gasteiger partial charge in [-0.15, -0.1) is 0 Å². The van der Waals surface area contributed by atoms with Crippen LogP contribution in [0.2, 0.25) is 0 Å². The number of nitrogens with zero attached hydrogens (tertiary/aromatic N) is 2. The lowest BCUT2D eigenvalue weighted by atomic mass is 10.5. The second kappa shape index (κ2) is 6.06. The van der Waals surface area contributed by atoms with E-state index in [1.165, 1.54) is 6.92 Å².